The minimum absolute atomic E-state index is 0.0187. The van der Waals surface area contributed by atoms with Gasteiger partial charge in [0.05, 0.1) is 17.1 Å². The first-order valence-electron chi connectivity index (χ1n) is 5.12. The summed E-state index contributed by atoms with van der Waals surface area (Å²) in [7, 11) is 0. The highest BCUT2D eigenvalue weighted by Crippen LogP contribution is 2.22. The van der Waals surface area contributed by atoms with Crippen LogP contribution in [0.1, 0.15) is 10.4 Å². The number of aromatic hydroxyl groups is 1. The molecular weight excluding hydrogens is 244 g/mol. The van der Waals surface area contributed by atoms with Crippen LogP contribution in [-0.4, -0.2) is 41.5 Å². The first kappa shape index (κ1) is 11.7. The van der Waals surface area contributed by atoms with Gasteiger partial charge in [-0.05, 0) is 18.2 Å². The molecule has 0 radical (unpaired) electrons. The third kappa shape index (κ3) is 2.50. The van der Waals surface area contributed by atoms with Gasteiger partial charge in [0.2, 0.25) is 5.91 Å². The van der Waals surface area contributed by atoms with Gasteiger partial charge in [-0.15, -0.1) is 0 Å². The average Bonchev–Trinajstić information content (AvgIpc) is 2.31. The highest BCUT2D eigenvalue weighted by Gasteiger charge is 2.23. The van der Waals surface area contributed by atoms with Crippen LogP contribution in [0, 0.1) is 0 Å². The van der Waals surface area contributed by atoms with E-state index in [9.17, 15) is 14.7 Å². The third-order valence-corrected chi connectivity index (χ3v) is 2.84. The molecule has 0 spiro atoms. The Labute approximate surface area is 103 Å². The van der Waals surface area contributed by atoms with Gasteiger partial charge in [-0.3, -0.25) is 9.59 Å². The van der Waals surface area contributed by atoms with E-state index in [2.05, 4.69) is 5.32 Å². The lowest BCUT2D eigenvalue weighted by Gasteiger charge is -2.26. The predicted molar refractivity (Wildman–Crippen MR) is 62.0 cm³/mol. The van der Waals surface area contributed by atoms with E-state index in [1.54, 1.807) is 0 Å². The number of rotatable bonds is 1. The Morgan fingerprint density at radius 2 is 2.24 bits per heavy atom. The number of carbonyl (C=O) groups is 2. The molecule has 1 aromatic rings. The fourth-order valence-corrected chi connectivity index (χ4v) is 1.86. The molecule has 1 aliphatic heterocycles. The maximum atomic E-state index is 12.1. The van der Waals surface area contributed by atoms with Gasteiger partial charge in [-0.2, -0.15) is 0 Å². The molecule has 2 rings (SSSR count). The number of carbonyl (C=O) groups excluding carboxylic acids is 2. The Morgan fingerprint density at radius 1 is 1.47 bits per heavy atom. The molecular formula is C11H11ClN2O3. The molecule has 2 N–H and O–H groups in total. The number of nitrogens with zero attached hydrogens (tertiary/aromatic N) is 1. The minimum Gasteiger partial charge on any atom is -0.508 e. The molecule has 0 saturated carbocycles. The molecule has 0 aromatic heterocycles. The van der Waals surface area contributed by atoms with E-state index in [1.807, 2.05) is 0 Å². The van der Waals surface area contributed by atoms with Crippen molar-refractivity contribution in [3.8, 4) is 5.75 Å². The molecule has 0 atom stereocenters. The monoisotopic (exact) mass is 254 g/mol. The predicted octanol–water partition coefficient (Wildman–Crippen LogP) is 0.618. The Bertz CT molecular complexity index is 476. The lowest BCUT2D eigenvalue weighted by atomic mass is 10.1. The van der Waals surface area contributed by atoms with Crippen molar-refractivity contribution in [3.63, 3.8) is 0 Å². The van der Waals surface area contributed by atoms with Crippen LogP contribution in [0.15, 0.2) is 18.2 Å². The van der Waals surface area contributed by atoms with E-state index in [-0.39, 0.29) is 34.7 Å². The van der Waals surface area contributed by atoms with Gasteiger partial charge in [0.25, 0.3) is 5.91 Å². The van der Waals surface area contributed by atoms with Crippen molar-refractivity contribution in [2.75, 3.05) is 19.6 Å². The number of halogens is 1. The van der Waals surface area contributed by atoms with Crippen LogP contribution >= 0.6 is 11.6 Å². The normalized spacial score (nSPS) is 15.6. The molecule has 90 valence electrons. The highest BCUT2D eigenvalue weighted by molar-refractivity contribution is 6.33. The Morgan fingerprint density at radius 3 is 2.94 bits per heavy atom. The van der Waals surface area contributed by atoms with Gasteiger partial charge in [0, 0.05) is 13.1 Å². The minimum atomic E-state index is -0.347. The molecule has 1 fully saturated rings. The lowest BCUT2D eigenvalue weighted by Crippen LogP contribution is -2.50. The van der Waals surface area contributed by atoms with E-state index in [4.69, 9.17) is 11.6 Å². The molecule has 1 aromatic carbocycles. The summed E-state index contributed by atoms with van der Waals surface area (Å²) < 4.78 is 0. The van der Waals surface area contributed by atoms with Crippen molar-refractivity contribution in [2.45, 2.75) is 0 Å². The van der Waals surface area contributed by atoms with E-state index >= 15 is 0 Å². The van der Waals surface area contributed by atoms with Crippen molar-refractivity contribution >= 4 is 23.4 Å². The van der Waals surface area contributed by atoms with Gasteiger partial charge in [-0.1, -0.05) is 11.6 Å². The maximum Gasteiger partial charge on any atom is 0.256 e. The first-order chi connectivity index (χ1) is 8.08. The van der Waals surface area contributed by atoms with Crippen LogP contribution in [0.25, 0.3) is 0 Å². The second-order valence-corrected chi connectivity index (χ2v) is 4.15. The fourth-order valence-electron chi connectivity index (χ4n) is 1.66. The number of nitrogens with one attached hydrogen (secondary N) is 1. The van der Waals surface area contributed by atoms with Crippen molar-refractivity contribution < 1.29 is 14.7 Å². The van der Waals surface area contributed by atoms with Crippen LogP contribution in [0.2, 0.25) is 5.02 Å². The molecule has 1 saturated heterocycles. The lowest BCUT2D eigenvalue weighted by molar-refractivity contribution is -0.123. The smallest absolute Gasteiger partial charge is 0.256 e. The van der Waals surface area contributed by atoms with E-state index in [0.29, 0.717) is 13.1 Å². The Hall–Kier alpha value is -1.75. The second-order valence-electron chi connectivity index (χ2n) is 3.74. The van der Waals surface area contributed by atoms with Gasteiger partial charge >= 0.3 is 0 Å². The standard InChI is InChI=1S/C11H11ClN2O3/c12-9-2-1-7(15)5-8(9)11(17)14-4-3-13-10(16)6-14/h1-2,5,15H,3-4,6H2,(H,13,16). The largest absolute Gasteiger partial charge is 0.508 e. The Kier molecular flexibility index (Phi) is 3.19. The molecule has 1 aliphatic rings. The average molecular weight is 255 g/mol. The summed E-state index contributed by atoms with van der Waals surface area (Å²) >= 11 is 5.89. The third-order valence-electron chi connectivity index (χ3n) is 2.51. The topological polar surface area (TPSA) is 69.6 Å². The van der Waals surface area contributed by atoms with Crippen molar-refractivity contribution in [3.05, 3.63) is 28.8 Å². The van der Waals surface area contributed by atoms with E-state index in [0.717, 1.165) is 0 Å². The molecule has 0 aliphatic carbocycles. The van der Waals surface area contributed by atoms with Crippen LogP contribution in [0.3, 0.4) is 0 Å². The van der Waals surface area contributed by atoms with Crippen molar-refractivity contribution in [1.29, 1.82) is 0 Å². The molecule has 17 heavy (non-hydrogen) atoms. The van der Waals surface area contributed by atoms with Gasteiger partial charge in [0.1, 0.15) is 5.75 Å². The molecule has 6 heteroatoms. The summed E-state index contributed by atoms with van der Waals surface area (Å²) in [6.45, 7) is 0.891. The van der Waals surface area contributed by atoms with Gasteiger partial charge in [-0.25, -0.2) is 0 Å². The zero-order valence-electron chi connectivity index (χ0n) is 8.94. The fraction of sp³-hybridized carbons (Fsp3) is 0.273. The quantitative estimate of drug-likeness (QED) is 0.772. The van der Waals surface area contributed by atoms with Gasteiger partial charge < -0.3 is 15.3 Å². The SMILES string of the molecule is O=C1CN(C(=O)c2cc(O)ccc2Cl)CCN1. The molecule has 5 nitrogen and oxygen atoms in total. The molecule has 1 heterocycles. The number of phenols is 1. The summed E-state index contributed by atoms with van der Waals surface area (Å²) in [5, 5.41) is 12.2. The Balaban J connectivity index is 2.24. The number of hydrogen-bond acceptors (Lipinski definition) is 3. The first-order valence-corrected chi connectivity index (χ1v) is 5.50. The number of phenolic OH excluding ortho intramolecular Hbond substituents is 1. The summed E-state index contributed by atoms with van der Waals surface area (Å²) in [6.07, 6.45) is 0. The van der Waals surface area contributed by atoms with Crippen molar-refractivity contribution in [2.24, 2.45) is 0 Å². The summed E-state index contributed by atoms with van der Waals surface area (Å²) in [5.74, 6) is -0.569. The molecule has 0 unspecified atom stereocenters. The van der Waals surface area contributed by atoms with Crippen LogP contribution in [0.5, 0.6) is 5.75 Å². The molecule has 0 bridgehead atoms. The molecule has 2 amide bonds. The van der Waals surface area contributed by atoms with Gasteiger partial charge in [0.15, 0.2) is 0 Å². The summed E-state index contributed by atoms with van der Waals surface area (Å²) in [5.41, 5.74) is 0.210. The highest BCUT2D eigenvalue weighted by atomic mass is 35.5. The maximum absolute atomic E-state index is 12.1. The zero-order chi connectivity index (χ0) is 12.4. The number of amides is 2. The van der Waals surface area contributed by atoms with E-state index in [1.165, 1.54) is 23.1 Å². The number of benzene rings is 1. The second kappa shape index (κ2) is 4.63. The van der Waals surface area contributed by atoms with Crippen LogP contribution in [0.4, 0.5) is 0 Å². The zero-order valence-corrected chi connectivity index (χ0v) is 9.70. The van der Waals surface area contributed by atoms with E-state index < -0.39 is 0 Å². The van der Waals surface area contributed by atoms with Crippen molar-refractivity contribution in [1.82, 2.24) is 10.2 Å². The van der Waals surface area contributed by atoms with Crippen LogP contribution < -0.4 is 5.32 Å². The summed E-state index contributed by atoms with van der Waals surface area (Å²) in [4.78, 5) is 24.6. The van der Waals surface area contributed by atoms with Crippen LogP contribution in [-0.2, 0) is 4.79 Å². The summed E-state index contributed by atoms with van der Waals surface area (Å²) in [6, 6.07) is 4.16. The number of piperazine rings is 1. The number of hydrogen-bond donors (Lipinski definition) is 2.